The Morgan fingerprint density at radius 3 is 0.958 bits per heavy atom. The molecule has 0 aromatic heterocycles. The molecule has 0 radical (unpaired) electrons. The predicted octanol–water partition coefficient (Wildman–Crippen LogP) is 15.5. The summed E-state index contributed by atoms with van der Waals surface area (Å²) in [5.41, 5.74) is 17.1. The maximum Gasteiger partial charge on any atom is 0.129 e. The number of rotatable bonds is 10. The van der Waals surface area contributed by atoms with E-state index in [1.54, 1.807) is 0 Å². The molecule has 10 heteroatoms. The fourth-order valence-corrected chi connectivity index (χ4v) is 10.8. The molecular formula is C62H54N8O2. The van der Waals surface area contributed by atoms with Crippen LogP contribution in [0.4, 0.5) is 79.6 Å². The minimum Gasteiger partial charge on any atom is -0.457 e. The zero-order chi connectivity index (χ0) is 51.0. The molecule has 4 aliphatic rings. The van der Waals surface area contributed by atoms with Crippen LogP contribution in [0.5, 0.6) is 23.0 Å². The van der Waals surface area contributed by atoms with Gasteiger partial charge in [-0.2, -0.15) is 0 Å². The number of para-hydroxylation sites is 8. The van der Waals surface area contributed by atoms with Crippen molar-refractivity contribution in [2.45, 2.75) is 13.8 Å². The fourth-order valence-electron chi connectivity index (χ4n) is 10.8. The summed E-state index contributed by atoms with van der Waals surface area (Å²) in [6, 6.07) is 70.8. The Morgan fingerprint density at radius 2 is 0.597 bits per heavy atom. The van der Waals surface area contributed by atoms with E-state index in [2.05, 4.69) is 184 Å². The van der Waals surface area contributed by atoms with Crippen molar-refractivity contribution in [3.63, 3.8) is 0 Å². The molecule has 0 saturated carbocycles. The third kappa shape index (κ3) is 7.50. The van der Waals surface area contributed by atoms with Gasteiger partial charge < -0.3 is 48.7 Å². The van der Waals surface area contributed by atoms with Crippen LogP contribution in [0, 0.1) is 13.8 Å². The normalized spacial score (nSPS) is 15.3. The molecule has 0 N–H and O–H groups in total. The van der Waals surface area contributed by atoms with Crippen molar-refractivity contribution in [2.75, 3.05) is 79.9 Å². The molecule has 0 fully saturated rings. The zero-order valence-corrected chi connectivity index (χ0v) is 40.4. The van der Waals surface area contributed by atoms with Crippen LogP contribution >= 0.6 is 0 Å². The predicted molar refractivity (Wildman–Crippen MR) is 297 cm³/mol. The number of aryl methyl sites for hydroxylation is 2. The topological polar surface area (TPSA) is 44.4 Å². The van der Waals surface area contributed by atoms with Gasteiger partial charge >= 0.3 is 0 Å². The van der Waals surface area contributed by atoms with Gasteiger partial charge in [-0.25, -0.2) is 0 Å². The highest BCUT2D eigenvalue weighted by atomic mass is 16.5. The van der Waals surface area contributed by atoms with Crippen molar-refractivity contribution >= 4 is 79.6 Å². The third-order valence-corrected chi connectivity index (χ3v) is 14.3. The van der Waals surface area contributed by atoms with Crippen LogP contribution in [0.2, 0.25) is 0 Å². The molecule has 9 aromatic carbocycles. The van der Waals surface area contributed by atoms with Gasteiger partial charge in [-0.15, -0.1) is 0 Å². The van der Waals surface area contributed by atoms with Crippen LogP contribution in [0.15, 0.2) is 206 Å². The van der Waals surface area contributed by atoms with Crippen LogP contribution in [-0.4, -0.2) is 40.7 Å². The van der Waals surface area contributed by atoms with Crippen LogP contribution in [-0.2, 0) is 0 Å². The second kappa shape index (κ2) is 17.4. The van der Waals surface area contributed by atoms with Crippen molar-refractivity contribution in [2.24, 2.45) is 0 Å². The first-order chi connectivity index (χ1) is 36.5. The maximum absolute atomic E-state index is 8.17. The molecule has 0 amide bonds. The molecule has 0 saturated heterocycles. The summed E-state index contributed by atoms with van der Waals surface area (Å²) in [5, 5.41) is 0. The van der Waals surface area contributed by atoms with E-state index in [4.69, 9.17) is 13.6 Å². The highest BCUT2D eigenvalue weighted by molar-refractivity contribution is 5.92. The van der Waals surface area contributed by atoms with Crippen LogP contribution in [0.1, 0.15) is 15.2 Å². The van der Waals surface area contributed by atoms with Crippen molar-refractivity contribution in [1.29, 1.82) is 0 Å². The number of hydrogen-bond donors (Lipinski definition) is 0. The van der Waals surface area contributed by atoms with Crippen LogP contribution in [0.25, 0.3) is 0 Å². The number of anilines is 14. The average molecular weight is 946 g/mol. The van der Waals surface area contributed by atoms with Crippen molar-refractivity contribution in [3.8, 4) is 23.0 Å². The first kappa shape index (κ1) is 39.8. The standard InChI is InChI=1S/C62H54N8O2/c1-43-33-62(70-42-68(58-30-10-12-32-60(58)70)48-20-16-24-52(38-48)72-50-22-14-18-46(36-50)66-40-64(4)54-26-6-8-28-56(54)66)44(2)34-61(43)69-41-67(57-29-9-11-31-59(57)69)47-19-15-23-51(37-47)71-49-21-13-17-45(35-49)65-39-63(3)53-25-5-7-27-55(53)65/h5-38H,39-42H2,1-4H3/i3D3. The first-order valence-corrected chi connectivity index (χ1v) is 24.4. The van der Waals surface area contributed by atoms with E-state index >= 15 is 0 Å². The van der Waals surface area contributed by atoms with Gasteiger partial charge in [-0.1, -0.05) is 72.8 Å². The van der Waals surface area contributed by atoms with Gasteiger partial charge in [0.2, 0.25) is 0 Å². The first-order valence-electron chi connectivity index (χ1n) is 25.9. The Balaban J connectivity index is 0.735. The highest BCUT2D eigenvalue weighted by Gasteiger charge is 2.33. The lowest BCUT2D eigenvalue weighted by Crippen LogP contribution is -2.26. The Bertz CT molecular complexity index is 3660. The molecule has 9 aromatic rings. The minimum absolute atomic E-state index is 0.212. The summed E-state index contributed by atoms with van der Waals surface area (Å²) in [6.45, 7) is 4.39. The maximum atomic E-state index is 8.17. The molecule has 0 atom stereocenters. The van der Waals surface area contributed by atoms with Gasteiger partial charge in [-0.05, 0) is 134 Å². The molecule has 4 aliphatic heterocycles. The van der Waals surface area contributed by atoms with Gasteiger partial charge in [0, 0.05) is 76.5 Å². The number of benzene rings is 9. The molecule has 4 heterocycles. The lowest BCUT2D eigenvalue weighted by Gasteiger charge is -2.28. The largest absolute Gasteiger partial charge is 0.457 e. The second-order valence-electron chi connectivity index (χ2n) is 18.8. The van der Waals surface area contributed by atoms with E-state index in [0.717, 1.165) is 80.7 Å². The molecule has 0 spiro atoms. The monoisotopic (exact) mass is 945 g/mol. The zero-order valence-electron chi connectivity index (χ0n) is 43.4. The Hall–Kier alpha value is -9.02. The molecule has 10 nitrogen and oxygen atoms in total. The van der Waals surface area contributed by atoms with Gasteiger partial charge in [0.05, 0.1) is 58.8 Å². The molecule has 354 valence electrons. The van der Waals surface area contributed by atoms with Gasteiger partial charge in [-0.3, -0.25) is 0 Å². The van der Waals surface area contributed by atoms with E-state index in [0.29, 0.717) is 30.5 Å². The Labute approximate surface area is 425 Å². The molecule has 0 bridgehead atoms. The van der Waals surface area contributed by atoms with E-state index in [1.807, 2.05) is 77.7 Å². The number of fused-ring (bicyclic) bond motifs is 4. The molecule has 13 rings (SSSR count). The second-order valence-corrected chi connectivity index (χ2v) is 18.8. The lowest BCUT2D eigenvalue weighted by molar-refractivity contribution is 0.482. The van der Waals surface area contributed by atoms with Crippen LogP contribution < -0.4 is 48.7 Å². The summed E-state index contributed by atoms with van der Waals surface area (Å²) >= 11 is 0. The summed E-state index contributed by atoms with van der Waals surface area (Å²) in [4.78, 5) is 17.6. The number of ether oxygens (including phenoxy) is 2. The summed E-state index contributed by atoms with van der Waals surface area (Å²) in [6.07, 6.45) is 0. The summed E-state index contributed by atoms with van der Waals surface area (Å²) in [5.74, 6) is 2.92. The SMILES string of the molecule is [2H]C([2H])([2H])N1CN(c2cccc(Oc3cccc(N4CN(c5cc(C)c(N6CN(c7cccc(Oc8cccc(N9CN(C)c%10ccccc%109)c8)c7)c7ccccc76)cc5C)c5ccccc54)c3)c2)c2ccccc21. The summed E-state index contributed by atoms with van der Waals surface area (Å²) < 4.78 is 37.7. The van der Waals surface area contributed by atoms with Gasteiger partial charge in [0.1, 0.15) is 36.3 Å². The van der Waals surface area contributed by atoms with E-state index in [-0.39, 0.29) is 6.67 Å². The Kier molecular flexibility index (Phi) is 9.63. The number of nitrogens with zero attached hydrogens (tertiary/aromatic N) is 8. The molecule has 72 heavy (non-hydrogen) atoms. The molecule has 0 aliphatic carbocycles. The summed E-state index contributed by atoms with van der Waals surface area (Å²) in [7, 11) is 2.12. The van der Waals surface area contributed by atoms with Gasteiger partial charge in [0.25, 0.3) is 0 Å². The van der Waals surface area contributed by atoms with E-state index < -0.39 is 6.98 Å². The quantitative estimate of drug-likeness (QED) is 0.132. The van der Waals surface area contributed by atoms with Crippen LogP contribution in [0.3, 0.4) is 0 Å². The van der Waals surface area contributed by atoms with E-state index in [9.17, 15) is 0 Å². The van der Waals surface area contributed by atoms with Crippen molar-refractivity contribution in [1.82, 2.24) is 0 Å². The minimum atomic E-state index is -2.27. The Morgan fingerprint density at radius 1 is 0.306 bits per heavy atom. The smallest absolute Gasteiger partial charge is 0.129 e. The van der Waals surface area contributed by atoms with Gasteiger partial charge in [0.15, 0.2) is 0 Å². The fraction of sp³-hybridized carbons (Fsp3) is 0.129. The lowest BCUT2D eigenvalue weighted by atomic mass is 10.1. The highest BCUT2D eigenvalue weighted by Crippen LogP contribution is 2.50. The van der Waals surface area contributed by atoms with E-state index in [1.165, 1.54) is 27.4 Å². The number of hydrogen-bond acceptors (Lipinski definition) is 10. The van der Waals surface area contributed by atoms with Crippen molar-refractivity contribution in [3.05, 3.63) is 217 Å². The molecule has 0 unspecified atom stereocenters. The average Bonchev–Trinajstić information content (AvgIpc) is 4.22. The third-order valence-electron chi connectivity index (χ3n) is 14.3. The van der Waals surface area contributed by atoms with Crippen molar-refractivity contribution < 1.29 is 13.6 Å². The molecular weight excluding hydrogens is 889 g/mol.